The van der Waals surface area contributed by atoms with Crippen molar-refractivity contribution < 1.29 is 27.5 Å². The Kier molecular flexibility index (Phi) is 5.77. The third-order valence-corrected chi connectivity index (χ3v) is 2.28. The van der Waals surface area contributed by atoms with Gasteiger partial charge in [0.25, 0.3) is 0 Å². The summed E-state index contributed by atoms with van der Waals surface area (Å²) in [5.41, 5.74) is -1.03. The zero-order valence-corrected chi connectivity index (χ0v) is 10.9. The summed E-state index contributed by atoms with van der Waals surface area (Å²) in [5.74, 6) is -2.03. The Morgan fingerprint density at radius 3 is 2.62 bits per heavy atom. The van der Waals surface area contributed by atoms with Crippen LogP contribution in [-0.2, 0) is 20.5 Å². The predicted molar refractivity (Wildman–Crippen MR) is 69.2 cm³/mol. The van der Waals surface area contributed by atoms with Gasteiger partial charge in [-0.3, -0.25) is 9.59 Å². The zero-order chi connectivity index (χ0) is 15.9. The minimum absolute atomic E-state index is 0.0703. The van der Waals surface area contributed by atoms with Crippen molar-refractivity contribution in [2.24, 2.45) is 0 Å². The first-order valence-corrected chi connectivity index (χ1v) is 5.83. The summed E-state index contributed by atoms with van der Waals surface area (Å²) in [6.07, 6.45) is -3.35. The van der Waals surface area contributed by atoms with E-state index < -0.39 is 23.6 Å². The number of ether oxygens (including phenoxy) is 1. The van der Waals surface area contributed by atoms with Crippen molar-refractivity contribution in [1.82, 2.24) is 5.32 Å². The van der Waals surface area contributed by atoms with E-state index in [2.05, 4.69) is 17.2 Å². The molecule has 1 aromatic rings. The number of carbonyl (C=O) groups excluding carboxylic acids is 2. The second kappa shape index (κ2) is 7.32. The summed E-state index contributed by atoms with van der Waals surface area (Å²) in [5, 5.41) is 4.32. The van der Waals surface area contributed by atoms with Gasteiger partial charge in [0, 0.05) is 5.69 Å². The highest BCUT2D eigenvalue weighted by atomic mass is 19.4. The van der Waals surface area contributed by atoms with Gasteiger partial charge in [0.2, 0.25) is 0 Å². The van der Waals surface area contributed by atoms with E-state index in [4.69, 9.17) is 4.74 Å². The average Bonchev–Trinajstić information content (AvgIpc) is 2.42. The molecule has 8 heteroatoms. The second-order valence-corrected chi connectivity index (χ2v) is 3.83. The van der Waals surface area contributed by atoms with Crippen molar-refractivity contribution >= 4 is 17.5 Å². The van der Waals surface area contributed by atoms with Crippen LogP contribution in [0.4, 0.5) is 18.9 Å². The van der Waals surface area contributed by atoms with Gasteiger partial charge in [-0.2, -0.15) is 13.2 Å². The highest BCUT2D eigenvalue weighted by Crippen LogP contribution is 2.30. The Bertz CT molecular complexity index is 530. The number of halogens is 3. The van der Waals surface area contributed by atoms with Crippen LogP contribution >= 0.6 is 0 Å². The first-order chi connectivity index (χ1) is 9.84. The molecule has 0 bridgehead atoms. The highest BCUT2D eigenvalue weighted by molar-refractivity contribution is 6.39. The molecule has 1 rings (SSSR count). The lowest BCUT2D eigenvalue weighted by Gasteiger charge is -2.10. The Hall–Kier alpha value is -2.51. The maximum atomic E-state index is 12.5. The smallest absolute Gasteiger partial charge is 0.416 e. The standard InChI is InChI=1S/C13H13F3N2O3/c1-2-21-7-6-17-11(19)12(20)18-10-5-3-4-9(8-10)13(14,15)16/h2-5,8H,1,6-7H2,(H,17,19)(H,18,20). The number of rotatable bonds is 5. The van der Waals surface area contributed by atoms with E-state index in [-0.39, 0.29) is 18.8 Å². The molecule has 2 N–H and O–H groups in total. The quantitative estimate of drug-likeness (QED) is 0.496. The molecule has 0 aliphatic heterocycles. The van der Waals surface area contributed by atoms with Crippen LogP contribution in [0, 0.1) is 0 Å². The highest BCUT2D eigenvalue weighted by Gasteiger charge is 2.30. The van der Waals surface area contributed by atoms with Crippen LogP contribution in [-0.4, -0.2) is 25.0 Å². The fourth-order valence-corrected chi connectivity index (χ4v) is 1.35. The molecule has 0 saturated carbocycles. The van der Waals surface area contributed by atoms with E-state index in [1.807, 2.05) is 0 Å². The van der Waals surface area contributed by atoms with Crippen LogP contribution in [0.15, 0.2) is 37.1 Å². The first kappa shape index (κ1) is 16.5. The summed E-state index contributed by atoms with van der Waals surface area (Å²) < 4.78 is 42.2. The molecule has 0 aromatic heterocycles. The Morgan fingerprint density at radius 2 is 2.00 bits per heavy atom. The molecule has 1 aromatic carbocycles. The van der Waals surface area contributed by atoms with E-state index >= 15 is 0 Å². The van der Waals surface area contributed by atoms with E-state index in [1.54, 1.807) is 0 Å². The topological polar surface area (TPSA) is 67.4 Å². The summed E-state index contributed by atoms with van der Waals surface area (Å²) in [6, 6.07) is 3.99. The summed E-state index contributed by atoms with van der Waals surface area (Å²) in [7, 11) is 0. The fourth-order valence-electron chi connectivity index (χ4n) is 1.35. The zero-order valence-electron chi connectivity index (χ0n) is 10.9. The number of carbonyl (C=O) groups is 2. The second-order valence-electron chi connectivity index (χ2n) is 3.83. The lowest BCUT2D eigenvalue weighted by Crippen LogP contribution is -2.37. The number of hydrogen-bond donors (Lipinski definition) is 2. The number of benzene rings is 1. The van der Waals surface area contributed by atoms with Crippen molar-refractivity contribution in [1.29, 1.82) is 0 Å². The molecule has 0 spiro atoms. The summed E-state index contributed by atoms with van der Waals surface area (Å²) in [4.78, 5) is 22.8. The molecule has 0 saturated heterocycles. The Balaban J connectivity index is 2.58. The predicted octanol–water partition coefficient (Wildman–Crippen LogP) is 1.92. The van der Waals surface area contributed by atoms with Crippen LogP contribution < -0.4 is 10.6 Å². The molecule has 0 radical (unpaired) electrons. The Labute approximate surface area is 118 Å². The van der Waals surface area contributed by atoms with Crippen LogP contribution in [0.2, 0.25) is 0 Å². The van der Waals surface area contributed by atoms with Gasteiger partial charge in [0.15, 0.2) is 0 Å². The number of nitrogens with one attached hydrogen (secondary N) is 2. The van der Waals surface area contributed by atoms with Gasteiger partial charge < -0.3 is 15.4 Å². The van der Waals surface area contributed by atoms with Crippen LogP contribution in [0.5, 0.6) is 0 Å². The molecule has 0 unspecified atom stereocenters. The van der Waals surface area contributed by atoms with E-state index in [1.165, 1.54) is 12.3 Å². The molecule has 0 aliphatic carbocycles. The molecule has 0 atom stereocenters. The molecule has 114 valence electrons. The van der Waals surface area contributed by atoms with Crippen molar-refractivity contribution in [2.75, 3.05) is 18.5 Å². The summed E-state index contributed by atoms with van der Waals surface area (Å²) >= 11 is 0. The molecule has 0 heterocycles. The van der Waals surface area contributed by atoms with Crippen molar-refractivity contribution in [2.45, 2.75) is 6.18 Å². The van der Waals surface area contributed by atoms with E-state index in [0.717, 1.165) is 18.2 Å². The van der Waals surface area contributed by atoms with Crippen molar-refractivity contribution in [3.63, 3.8) is 0 Å². The lowest BCUT2D eigenvalue weighted by molar-refractivity contribution is -0.137. The van der Waals surface area contributed by atoms with Crippen molar-refractivity contribution in [3.8, 4) is 0 Å². The average molecular weight is 302 g/mol. The third-order valence-electron chi connectivity index (χ3n) is 2.28. The number of anilines is 1. The minimum atomic E-state index is -4.52. The van der Waals surface area contributed by atoms with Crippen molar-refractivity contribution in [3.05, 3.63) is 42.7 Å². The maximum absolute atomic E-state index is 12.5. The molecule has 2 amide bonds. The normalized spacial score (nSPS) is 10.6. The number of amides is 2. The van der Waals surface area contributed by atoms with Crippen LogP contribution in [0.25, 0.3) is 0 Å². The van der Waals surface area contributed by atoms with Gasteiger partial charge in [-0.05, 0) is 18.2 Å². The van der Waals surface area contributed by atoms with Gasteiger partial charge in [-0.25, -0.2) is 0 Å². The van der Waals surface area contributed by atoms with E-state index in [0.29, 0.717) is 0 Å². The molecule has 0 fully saturated rings. The molecule has 5 nitrogen and oxygen atoms in total. The minimum Gasteiger partial charge on any atom is -0.500 e. The number of alkyl halides is 3. The molecule has 21 heavy (non-hydrogen) atoms. The van der Waals surface area contributed by atoms with Crippen LogP contribution in [0.3, 0.4) is 0 Å². The molecule has 0 aliphatic rings. The summed E-state index contributed by atoms with van der Waals surface area (Å²) in [6.45, 7) is 3.49. The van der Waals surface area contributed by atoms with Gasteiger partial charge in [0.1, 0.15) is 6.61 Å². The maximum Gasteiger partial charge on any atom is 0.416 e. The van der Waals surface area contributed by atoms with Gasteiger partial charge in [-0.1, -0.05) is 12.6 Å². The van der Waals surface area contributed by atoms with Crippen LogP contribution in [0.1, 0.15) is 5.56 Å². The van der Waals surface area contributed by atoms with E-state index in [9.17, 15) is 22.8 Å². The molecular weight excluding hydrogens is 289 g/mol. The SMILES string of the molecule is C=COCCNC(=O)C(=O)Nc1cccc(C(F)(F)F)c1. The largest absolute Gasteiger partial charge is 0.500 e. The first-order valence-electron chi connectivity index (χ1n) is 5.83. The molecular formula is C13H13F3N2O3. The van der Waals surface area contributed by atoms with Gasteiger partial charge in [0.05, 0.1) is 18.4 Å². The number of hydrogen-bond acceptors (Lipinski definition) is 3. The van der Waals surface area contributed by atoms with Gasteiger partial charge in [-0.15, -0.1) is 0 Å². The van der Waals surface area contributed by atoms with Gasteiger partial charge >= 0.3 is 18.0 Å². The Morgan fingerprint density at radius 1 is 1.29 bits per heavy atom. The third kappa shape index (κ3) is 5.55. The fraction of sp³-hybridized carbons (Fsp3) is 0.231. The lowest BCUT2D eigenvalue weighted by atomic mass is 10.2. The monoisotopic (exact) mass is 302 g/mol.